The van der Waals surface area contributed by atoms with Crippen molar-refractivity contribution in [2.75, 3.05) is 13.2 Å². The fourth-order valence-electron chi connectivity index (χ4n) is 4.89. The number of aliphatic hydroxyl groups is 7. The van der Waals surface area contributed by atoms with E-state index in [0.717, 1.165) is 24.3 Å². The van der Waals surface area contributed by atoms with Gasteiger partial charge < -0.3 is 79.5 Å². The number of ether oxygens (including phenoxy) is 4. The van der Waals surface area contributed by atoms with E-state index in [-0.39, 0.29) is 11.1 Å². The van der Waals surface area contributed by atoms with Crippen LogP contribution >= 0.6 is 0 Å². The molecule has 0 aliphatic carbocycles. The maximum absolute atomic E-state index is 13.6. The monoisotopic (exact) mass is 626 g/mol. The lowest BCUT2D eigenvalue weighted by molar-refractivity contribution is -0.323. The summed E-state index contributed by atoms with van der Waals surface area (Å²) in [6, 6.07) is 5.17. The largest absolute Gasteiger partial charge is 0.508 e. The highest BCUT2D eigenvalue weighted by atomic mass is 16.7. The molecule has 1 aromatic heterocycles. The zero-order valence-electron chi connectivity index (χ0n) is 22.4. The molecule has 0 saturated carbocycles. The van der Waals surface area contributed by atoms with Crippen molar-refractivity contribution in [1.82, 2.24) is 0 Å². The fraction of sp³-hybridized carbons (Fsp3) is 0.444. The van der Waals surface area contributed by atoms with Gasteiger partial charge in [0.05, 0.1) is 13.2 Å². The third kappa shape index (κ3) is 5.73. The molecule has 2 aromatic carbocycles. The fourth-order valence-corrected chi connectivity index (χ4v) is 4.89. The molecule has 0 radical (unpaired) electrons. The maximum Gasteiger partial charge on any atom is 0.239 e. The van der Waals surface area contributed by atoms with Gasteiger partial charge in [-0.1, -0.05) is 0 Å². The zero-order chi connectivity index (χ0) is 32.0. The summed E-state index contributed by atoms with van der Waals surface area (Å²) in [6.45, 7) is -1.42. The molecular formula is C27H30O17. The molecule has 1 unspecified atom stereocenters. The Labute approximate surface area is 246 Å². The van der Waals surface area contributed by atoms with Crippen LogP contribution in [0.1, 0.15) is 0 Å². The smallest absolute Gasteiger partial charge is 0.239 e. The molecule has 17 heteroatoms. The molecular weight excluding hydrogens is 596 g/mol. The van der Waals surface area contributed by atoms with Gasteiger partial charge in [-0.15, -0.1) is 0 Å². The van der Waals surface area contributed by atoms with Crippen molar-refractivity contribution in [2.24, 2.45) is 0 Å². The van der Waals surface area contributed by atoms with Crippen molar-refractivity contribution in [1.29, 1.82) is 0 Å². The second-order valence-electron chi connectivity index (χ2n) is 10.3. The lowest BCUT2D eigenvalue weighted by atomic mass is 9.98. The minimum Gasteiger partial charge on any atom is -0.508 e. The normalized spacial score (nSPS) is 32.5. The second kappa shape index (κ2) is 12.3. The summed E-state index contributed by atoms with van der Waals surface area (Å²) in [5.74, 6) is -3.44. The number of hydrogen-bond donors (Lipinski definition) is 11. The van der Waals surface area contributed by atoms with Crippen molar-refractivity contribution in [3.05, 3.63) is 40.6 Å². The van der Waals surface area contributed by atoms with Crippen LogP contribution < -0.4 is 10.2 Å². The summed E-state index contributed by atoms with van der Waals surface area (Å²) >= 11 is 0. The van der Waals surface area contributed by atoms with Gasteiger partial charge in [-0.3, -0.25) is 4.79 Å². The second-order valence-corrected chi connectivity index (χ2v) is 10.3. The van der Waals surface area contributed by atoms with Crippen molar-refractivity contribution in [3.63, 3.8) is 0 Å². The summed E-state index contributed by atoms with van der Waals surface area (Å²) in [7, 11) is 0. The quantitative estimate of drug-likeness (QED) is 0.119. The maximum atomic E-state index is 13.6. The predicted molar refractivity (Wildman–Crippen MR) is 142 cm³/mol. The number of aromatic hydroxyl groups is 4. The first-order chi connectivity index (χ1) is 20.8. The zero-order valence-corrected chi connectivity index (χ0v) is 22.4. The van der Waals surface area contributed by atoms with E-state index >= 15 is 0 Å². The molecule has 0 amide bonds. The van der Waals surface area contributed by atoms with Gasteiger partial charge in [0.2, 0.25) is 17.5 Å². The Balaban J connectivity index is 1.47. The lowest BCUT2D eigenvalue weighted by Gasteiger charge is -2.42. The highest BCUT2D eigenvalue weighted by molar-refractivity contribution is 5.88. The first-order valence-electron chi connectivity index (χ1n) is 13.2. The molecule has 3 aromatic rings. The van der Waals surface area contributed by atoms with E-state index in [1.165, 1.54) is 6.07 Å². The SMILES string of the molecule is O=c1c(OC2O[C@H](CO[C@@H]3O[C@H](CO)[C@@H](O)[C@H](O)[C@H]3O)[C@@H](O)[C@H](O)[C@H]2O)c(-c2ccc(O)c(O)c2)oc2cc(O)cc(O)c12. The molecule has 2 fully saturated rings. The summed E-state index contributed by atoms with van der Waals surface area (Å²) < 4.78 is 27.6. The molecule has 0 bridgehead atoms. The van der Waals surface area contributed by atoms with E-state index in [1.54, 1.807) is 0 Å². The van der Waals surface area contributed by atoms with Crippen molar-refractivity contribution in [2.45, 2.75) is 61.4 Å². The summed E-state index contributed by atoms with van der Waals surface area (Å²) in [5.41, 5.74) is -1.41. The Hall–Kier alpha value is -3.75. The van der Waals surface area contributed by atoms with Gasteiger partial charge in [-0.25, -0.2) is 0 Å². The number of aliphatic hydroxyl groups excluding tert-OH is 7. The standard InChI is InChI=1S/C27H30O17/c28-6-14-17(33)20(36)22(38)26(42-14)40-7-15-18(34)21(37)23(39)27(43-15)44-25-19(35)16-12(32)4-9(29)5-13(16)41-24(25)8-1-2-10(30)11(31)3-8/h1-5,14-15,17-18,20-23,26-34,36-39H,6-7H2/t14-,15-,17-,18-,20+,21+,22-,23-,26-,27?/m1/s1. The van der Waals surface area contributed by atoms with E-state index in [9.17, 15) is 61.0 Å². The number of phenolic OH excluding ortho intramolecular Hbond substituents is 4. The Bertz CT molecular complexity index is 1560. The number of benzene rings is 2. The van der Waals surface area contributed by atoms with Crippen molar-refractivity contribution >= 4 is 11.0 Å². The minimum absolute atomic E-state index is 0.0504. The molecule has 240 valence electrons. The van der Waals surface area contributed by atoms with Crippen molar-refractivity contribution < 1.29 is 79.5 Å². The average molecular weight is 627 g/mol. The van der Waals surface area contributed by atoms with E-state index < -0.39 is 120 Å². The van der Waals surface area contributed by atoms with Gasteiger partial charge >= 0.3 is 0 Å². The van der Waals surface area contributed by atoms with Crippen LogP contribution in [-0.2, 0) is 14.2 Å². The van der Waals surface area contributed by atoms with E-state index in [1.807, 2.05) is 0 Å². The van der Waals surface area contributed by atoms with E-state index in [0.29, 0.717) is 0 Å². The van der Waals surface area contributed by atoms with Gasteiger partial charge in [-0.05, 0) is 18.2 Å². The number of fused-ring (bicyclic) bond motifs is 1. The molecule has 2 aliphatic heterocycles. The number of phenols is 4. The molecule has 5 rings (SSSR count). The van der Waals surface area contributed by atoms with E-state index in [4.69, 9.17) is 23.4 Å². The number of rotatable bonds is 7. The Morgan fingerprint density at radius 2 is 1.34 bits per heavy atom. The summed E-state index contributed by atoms with van der Waals surface area (Å²) in [4.78, 5) is 13.6. The first kappa shape index (κ1) is 31.7. The van der Waals surface area contributed by atoms with Crippen LogP contribution in [0.25, 0.3) is 22.3 Å². The van der Waals surface area contributed by atoms with Crippen LogP contribution in [0.5, 0.6) is 28.7 Å². The van der Waals surface area contributed by atoms with E-state index in [2.05, 4.69) is 0 Å². The average Bonchev–Trinajstić information content (AvgIpc) is 2.98. The molecule has 2 saturated heterocycles. The van der Waals surface area contributed by atoms with Gasteiger partial charge in [-0.2, -0.15) is 0 Å². The Kier molecular flexibility index (Phi) is 8.87. The highest BCUT2D eigenvalue weighted by Gasteiger charge is 2.48. The molecule has 11 N–H and O–H groups in total. The molecule has 17 nitrogen and oxygen atoms in total. The molecule has 44 heavy (non-hydrogen) atoms. The topological polar surface area (TPSA) is 290 Å². The minimum atomic E-state index is -2.00. The Morgan fingerprint density at radius 3 is 2.00 bits per heavy atom. The van der Waals surface area contributed by atoms with Gasteiger partial charge in [0.15, 0.2) is 23.5 Å². The third-order valence-corrected chi connectivity index (χ3v) is 7.33. The molecule has 0 spiro atoms. The van der Waals surface area contributed by atoms with Crippen LogP contribution in [0.4, 0.5) is 0 Å². The third-order valence-electron chi connectivity index (χ3n) is 7.33. The summed E-state index contributed by atoms with van der Waals surface area (Å²) in [6.07, 6.45) is -17.4. The first-order valence-corrected chi connectivity index (χ1v) is 13.2. The lowest BCUT2D eigenvalue weighted by Crippen LogP contribution is -2.62. The summed E-state index contributed by atoms with van der Waals surface area (Å²) in [5, 5.41) is 111. The van der Waals surface area contributed by atoms with Crippen LogP contribution in [0.2, 0.25) is 0 Å². The predicted octanol–water partition coefficient (Wildman–Crippen LogP) is -2.71. The van der Waals surface area contributed by atoms with Gasteiger partial charge in [0.25, 0.3) is 0 Å². The number of hydrogen-bond acceptors (Lipinski definition) is 17. The molecule has 3 heterocycles. The Morgan fingerprint density at radius 1 is 0.705 bits per heavy atom. The van der Waals surface area contributed by atoms with Crippen LogP contribution in [0.3, 0.4) is 0 Å². The highest BCUT2D eigenvalue weighted by Crippen LogP contribution is 2.39. The van der Waals surface area contributed by atoms with Crippen LogP contribution in [0, 0.1) is 0 Å². The van der Waals surface area contributed by atoms with Crippen molar-refractivity contribution in [3.8, 4) is 40.1 Å². The molecule has 10 atom stereocenters. The van der Waals surface area contributed by atoms with Gasteiger partial charge in [0, 0.05) is 17.7 Å². The molecule has 2 aliphatic rings. The van der Waals surface area contributed by atoms with Gasteiger partial charge in [0.1, 0.15) is 71.3 Å². The van der Waals surface area contributed by atoms with Crippen LogP contribution in [-0.4, -0.2) is 131 Å². The van der Waals surface area contributed by atoms with Crippen LogP contribution in [0.15, 0.2) is 39.5 Å².